The first-order valence-electron chi connectivity index (χ1n) is 6.90. The summed E-state index contributed by atoms with van der Waals surface area (Å²) in [4.78, 5) is 0. The second-order valence-electron chi connectivity index (χ2n) is 4.53. The normalized spacial score (nSPS) is 10.5. The number of unbranched alkanes of at least 4 members (excludes halogenated alkanes) is 11. The Labute approximate surface area is 96.2 Å². The Kier molecular flexibility index (Phi) is 13.4. The van der Waals surface area contributed by atoms with Crippen LogP contribution in [0.5, 0.6) is 0 Å². The third-order valence-electron chi connectivity index (χ3n) is 2.95. The number of rotatable bonds is 12. The minimum absolute atomic E-state index is 0.983. The van der Waals surface area contributed by atoms with Crippen molar-refractivity contribution in [3.8, 4) is 0 Å². The van der Waals surface area contributed by atoms with E-state index in [1.807, 2.05) is 0 Å². The third kappa shape index (κ3) is 13.7. The highest BCUT2D eigenvalue weighted by atomic mass is 14.3. The van der Waals surface area contributed by atoms with Gasteiger partial charge < -0.3 is 5.41 Å². The van der Waals surface area contributed by atoms with Crippen LogP contribution < -0.4 is 0 Å². The lowest BCUT2D eigenvalue weighted by molar-refractivity contribution is 0.552. The Morgan fingerprint density at radius 3 is 1.47 bits per heavy atom. The van der Waals surface area contributed by atoms with Gasteiger partial charge in [-0.15, -0.1) is 0 Å². The van der Waals surface area contributed by atoms with Crippen LogP contribution in [-0.2, 0) is 0 Å². The van der Waals surface area contributed by atoms with Gasteiger partial charge in [-0.2, -0.15) is 0 Å². The molecule has 15 heavy (non-hydrogen) atoms. The Balaban J connectivity index is 2.83. The minimum Gasteiger partial charge on any atom is -0.313 e. The molecule has 0 aromatic rings. The van der Waals surface area contributed by atoms with Gasteiger partial charge in [-0.25, -0.2) is 0 Å². The number of nitrogens with one attached hydrogen (secondary N) is 1. The first-order valence-corrected chi connectivity index (χ1v) is 6.90. The molecule has 0 fully saturated rings. The fourth-order valence-corrected chi connectivity index (χ4v) is 1.91. The lowest BCUT2D eigenvalue weighted by atomic mass is 10.1. The van der Waals surface area contributed by atoms with Crippen molar-refractivity contribution < 1.29 is 0 Å². The maximum absolute atomic E-state index is 6.90. The van der Waals surface area contributed by atoms with Crippen molar-refractivity contribution in [2.45, 2.75) is 84.0 Å². The second kappa shape index (κ2) is 13.7. The lowest BCUT2D eigenvalue weighted by Crippen LogP contribution is -1.82. The fraction of sp³-hybridized carbons (Fsp3) is 0.929. The standard InChI is InChI=1S/C14H29N/c1-2-3-4-5-6-7-8-9-10-11-12-13-14-15/h14-15H,2-13H2,1H3. The van der Waals surface area contributed by atoms with Crippen molar-refractivity contribution in [2.75, 3.05) is 0 Å². The molecule has 0 rings (SSSR count). The van der Waals surface area contributed by atoms with E-state index < -0.39 is 0 Å². The molecule has 0 amide bonds. The van der Waals surface area contributed by atoms with Gasteiger partial charge in [-0.3, -0.25) is 0 Å². The molecular formula is C14H29N. The van der Waals surface area contributed by atoms with E-state index in [0.717, 1.165) is 6.42 Å². The van der Waals surface area contributed by atoms with Crippen LogP contribution in [0.25, 0.3) is 0 Å². The molecule has 1 nitrogen and oxygen atoms in total. The van der Waals surface area contributed by atoms with Crippen LogP contribution in [0.3, 0.4) is 0 Å². The highest BCUT2D eigenvalue weighted by Gasteiger charge is 1.92. The van der Waals surface area contributed by atoms with E-state index in [9.17, 15) is 0 Å². The predicted molar refractivity (Wildman–Crippen MR) is 69.9 cm³/mol. The van der Waals surface area contributed by atoms with Gasteiger partial charge in [-0.05, 0) is 19.1 Å². The van der Waals surface area contributed by atoms with Crippen LogP contribution in [0.4, 0.5) is 0 Å². The maximum Gasteiger partial charge on any atom is -0.00477 e. The molecule has 1 heteroatoms. The number of hydrogen-bond donors (Lipinski definition) is 1. The van der Waals surface area contributed by atoms with Crippen LogP contribution in [-0.4, -0.2) is 6.21 Å². The Morgan fingerprint density at radius 1 is 0.667 bits per heavy atom. The Hall–Kier alpha value is -0.330. The van der Waals surface area contributed by atoms with Crippen LogP contribution in [0.1, 0.15) is 84.0 Å². The van der Waals surface area contributed by atoms with Gasteiger partial charge >= 0.3 is 0 Å². The highest BCUT2D eigenvalue weighted by Crippen LogP contribution is 2.11. The molecule has 0 spiro atoms. The lowest BCUT2D eigenvalue weighted by Gasteiger charge is -2.01. The molecule has 0 unspecified atom stereocenters. The molecule has 0 atom stereocenters. The zero-order chi connectivity index (χ0) is 11.2. The summed E-state index contributed by atoms with van der Waals surface area (Å²) in [5, 5.41) is 6.90. The molecule has 0 saturated heterocycles. The highest BCUT2D eigenvalue weighted by molar-refractivity contribution is 5.52. The Bertz CT molecular complexity index is 121. The summed E-state index contributed by atoms with van der Waals surface area (Å²) in [6, 6.07) is 0. The molecule has 0 radical (unpaired) electrons. The maximum atomic E-state index is 6.90. The van der Waals surface area contributed by atoms with E-state index in [1.54, 1.807) is 0 Å². The average molecular weight is 211 g/mol. The van der Waals surface area contributed by atoms with E-state index in [-0.39, 0.29) is 0 Å². The largest absolute Gasteiger partial charge is 0.313 e. The fourth-order valence-electron chi connectivity index (χ4n) is 1.91. The third-order valence-corrected chi connectivity index (χ3v) is 2.95. The van der Waals surface area contributed by atoms with Crippen molar-refractivity contribution in [1.29, 1.82) is 5.41 Å². The van der Waals surface area contributed by atoms with Crippen LogP contribution >= 0.6 is 0 Å². The average Bonchev–Trinajstić information content (AvgIpc) is 2.26. The summed E-state index contributed by atoms with van der Waals surface area (Å²) >= 11 is 0. The van der Waals surface area contributed by atoms with Gasteiger partial charge in [-0.1, -0.05) is 71.1 Å². The molecule has 0 aliphatic rings. The van der Waals surface area contributed by atoms with Crippen molar-refractivity contribution in [1.82, 2.24) is 0 Å². The van der Waals surface area contributed by atoms with Gasteiger partial charge in [0.15, 0.2) is 0 Å². The molecule has 0 aromatic heterocycles. The van der Waals surface area contributed by atoms with E-state index >= 15 is 0 Å². The predicted octanol–water partition coefficient (Wildman–Crippen LogP) is 5.34. The van der Waals surface area contributed by atoms with Crippen LogP contribution in [0.15, 0.2) is 0 Å². The molecular weight excluding hydrogens is 182 g/mol. The summed E-state index contributed by atoms with van der Waals surface area (Å²) in [5.74, 6) is 0. The molecule has 1 N–H and O–H groups in total. The van der Waals surface area contributed by atoms with Gasteiger partial charge in [0.05, 0.1) is 0 Å². The summed E-state index contributed by atoms with van der Waals surface area (Å²) in [6.07, 6.45) is 17.8. The zero-order valence-corrected chi connectivity index (χ0v) is 10.6. The van der Waals surface area contributed by atoms with Gasteiger partial charge in [0.25, 0.3) is 0 Å². The smallest absolute Gasteiger partial charge is 0.00477 e. The van der Waals surface area contributed by atoms with E-state index in [2.05, 4.69) is 6.92 Å². The zero-order valence-electron chi connectivity index (χ0n) is 10.6. The van der Waals surface area contributed by atoms with E-state index in [4.69, 9.17) is 5.41 Å². The van der Waals surface area contributed by atoms with Gasteiger partial charge in [0, 0.05) is 0 Å². The Morgan fingerprint density at radius 2 is 1.07 bits per heavy atom. The van der Waals surface area contributed by atoms with E-state index in [0.29, 0.717) is 0 Å². The van der Waals surface area contributed by atoms with Crippen molar-refractivity contribution in [2.24, 2.45) is 0 Å². The quantitative estimate of drug-likeness (QED) is 0.333. The SMILES string of the molecule is CCCCCCCCCCCCCC=N. The van der Waals surface area contributed by atoms with Crippen LogP contribution in [0.2, 0.25) is 0 Å². The van der Waals surface area contributed by atoms with Gasteiger partial charge in [0.2, 0.25) is 0 Å². The van der Waals surface area contributed by atoms with Crippen LogP contribution in [0, 0.1) is 5.41 Å². The molecule has 0 bridgehead atoms. The topological polar surface area (TPSA) is 23.9 Å². The summed E-state index contributed by atoms with van der Waals surface area (Å²) in [5.41, 5.74) is 0. The molecule has 0 aromatic carbocycles. The van der Waals surface area contributed by atoms with Gasteiger partial charge in [0.1, 0.15) is 0 Å². The summed E-state index contributed by atoms with van der Waals surface area (Å²) < 4.78 is 0. The second-order valence-corrected chi connectivity index (χ2v) is 4.53. The van der Waals surface area contributed by atoms with Crippen molar-refractivity contribution in [3.05, 3.63) is 0 Å². The number of hydrogen-bond acceptors (Lipinski definition) is 1. The van der Waals surface area contributed by atoms with Crippen molar-refractivity contribution in [3.63, 3.8) is 0 Å². The van der Waals surface area contributed by atoms with E-state index in [1.165, 1.54) is 76.8 Å². The summed E-state index contributed by atoms with van der Waals surface area (Å²) in [7, 11) is 0. The molecule has 0 heterocycles. The minimum atomic E-state index is 0.983. The molecule has 0 aliphatic carbocycles. The summed E-state index contributed by atoms with van der Waals surface area (Å²) in [6.45, 7) is 2.27. The first kappa shape index (κ1) is 14.7. The molecule has 90 valence electrons. The molecule has 0 aliphatic heterocycles. The van der Waals surface area contributed by atoms with Crippen molar-refractivity contribution >= 4 is 6.21 Å². The first-order chi connectivity index (χ1) is 7.41. The monoisotopic (exact) mass is 211 g/mol. The molecule has 0 saturated carbocycles.